The van der Waals surface area contributed by atoms with E-state index in [1.807, 2.05) is 0 Å². The van der Waals surface area contributed by atoms with Crippen molar-refractivity contribution in [1.29, 1.82) is 0 Å². The zero-order chi connectivity index (χ0) is 14.8. The van der Waals surface area contributed by atoms with Crippen LogP contribution in [0.1, 0.15) is 28.0 Å². The van der Waals surface area contributed by atoms with Crippen LogP contribution in [0.3, 0.4) is 0 Å². The maximum absolute atomic E-state index is 11.1. The first-order valence-corrected chi connectivity index (χ1v) is 6.70. The van der Waals surface area contributed by atoms with Crippen LogP contribution in [0.25, 0.3) is 0 Å². The molecule has 0 atom stereocenters. The number of carboxylic acids is 1. The van der Waals surface area contributed by atoms with Crippen LogP contribution in [0.5, 0.6) is 5.75 Å². The Bertz CT molecular complexity index is 701. The van der Waals surface area contributed by atoms with Gasteiger partial charge in [0, 0.05) is 23.0 Å². The van der Waals surface area contributed by atoms with E-state index in [2.05, 4.69) is 15.3 Å². The Balaban J connectivity index is 1.92. The van der Waals surface area contributed by atoms with Crippen LogP contribution in [-0.4, -0.2) is 28.2 Å². The molecule has 1 aromatic heterocycles. The summed E-state index contributed by atoms with van der Waals surface area (Å²) in [5.74, 6) is 0.0853. The maximum Gasteiger partial charge on any atom is 0.339 e. The van der Waals surface area contributed by atoms with Crippen molar-refractivity contribution in [2.45, 2.75) is 19.3 Å². The number of nitrogens with one attached hydrogen (secondary N) is 1. The highest BCUT2D eigenvalue weighted by Crippen LogP contribution is 2.29. The van der Waals surface area contributed by atoms with Crippen LogP contribution >= 0.6 is 0 Å². The molecule has 0 spiro atoms. The van der Waals surface area contributed by atoms with Gasteiger partial charge in [-0.1, -0.05) is 0 Å². The average Bonchev–Trinajstić information content (AvgIpc) is 2.96. The first kappa shape index (κ1) is 13.4. The van der Waals surface area contributed by atoms with Gasteiger partial charge in [-0.05, 0) is 31.4 Å². The second kappa shape index (κ2) is 5.40. The number of carbonyl (C=O) groups is 1. The number of aryl methyl sites for hydroxylation is 1. The molecule has 1 aliphatic rings. The minimum absolute atomic E-state index is 0.135. The van der Waals surface area contributed by atoms with Crippen LogP contribution in [-0.2, 0) is 12.8 Å². The van der Waals surface area contributed by atoms with E-state index in [4.69, 9.17) is 9.84 Å². The summed E-state index contributed by atoms with van der Waals surface area (Å²) in [6, 6.07) is 4.88. The Morgan fingerprint density at radius 3 is 2.95 bits per heavy atom. The predicted molar refractivity (Wildman–Crippen MR) is 77.3 cm³/mol. The lowest BCUT2D eigenvalue weighted by atomic mass is 10.1. The summed E-state index contributed by atoms with van der Waals surface area (Å²) >= 11 is 0. The number of hydrogen-bond acceptors (Lipinski definition) is 5. The number of benzene rings is 1. The van der Waals surface area contributed by atoms with Crippen molar-refractivity contribution in [2.24, 2.45) is 0 Å². The second-order valence-corrected chi connectivity index (χ2v) is 4.85. The molecule has 0 aliphatic heterocycles. The Morgan fingerprint density at radius 2 is 2.19 bits per heavy atom. The van der Waals surface area contributed by atoms with Crippen molar-refractivity contribution in [3.8, 4) is 5.75 Å². The summed E-state index contributed by atoms with van der Waals surface area (Å²) in [6.07, 6.45) is 4.58. The third-order valence-corrected chi connectivity index (χ3v) is 3.57. The lowest BCUT2D eigenvalue weighted by Crippen LogP contribution is -2.03. The van der Waals surface area contributed by atoms with Crippen molar-refractivity contribution in [3.63, 3.8) is 0 Å². The third kappa shape index (κ3) is 2.52. The summed E-state index contributed by atoms with van der Waals surface area (Å²) in [5.41, 5.74) is 3.10. The Kier molecular flexibility index (Phi) is 3.43. The summed E-state index contributed by atoms with van der Waals surface area (Å²) < 4.78 is 5.12. The van der Waals surface area contributed by atoms with Gasteiger partial charge in [-0.25, -0.2) is 14.8 Å². The first-order chi connectivity index (χ1) is 10.2. The number of anilines is 2. The molecule has 2 N–H and O–H groups in total. The van der Waals surface area contributed by atoms with Gasteiger partial charge in [0.05, 0.1) is 7.11 Å². The molecular weight excluding hydrogens is 270 g/mol. The van der Waals surface area contributed by atoms with E-state index in [1.54, 1.807) is 18.5 Å². The SMILES string of the molecule is COc1cc(Nc2ncnc3c2CCC3)ccc1C(=O)O. The summed E-state index contributed by atoms with van der Waals surface area (Å²) in [6.45, 7) is 0. The molecule has 6 heteroatoms. The zero-order valence-corrected chi connectivity index (χ0v) is 11.6. The van der Waals surface area contributed by atoms with Gasteiger partial charge in [-0.15, -0.1) is 0 Å². The lowest BCUT2D eigenvalue weighted by molar-refractivity contribution is 0.0693. The van der Waals surface area contributed by atoms with Crippen molar-refractivity contribution < 1.29 is 14.6 Å². The Labute approximate surface area is 121 Å². The molecular formula is C15H15N3O3. The highest BCUT2D eigenvalue weighted by atomic mass is 16.5. The van der Waals surface area contributed by atoms with Crippen molar-refractivity contribution in [1.82, 2.24) is 9.97 Å². The van der Waals surface area contributed by atoms with Gasteiger partial charge >= 0.3 is 5.97 Å². The van der Waals surface area contributed by atoms with E-state index in [1.165, 1.54) is 13.2 Å². The third-order valence-electron chi connectivity index (χ3n) is 3.57. The van der Waals surface area contributed by atoms with E-state index in [0.717, 1.165) is 42.0 Å². The van der Waals surface area contributed by atoms with Crippen molar-refractivity contribution in [2.75, 3.05) is 12.4 Å². The topological polar surface area (TPSA) is 84.3 Å². The average molecular weight is 285 g/mol. The van der Waals surface area contributed by atoms with Crippen LogP contribution in [0.4, 0.5) is 11.5 Å². The van der Waals surface area contributed by atoms with Crippen LogP contribution in [0, 0.1) is 0 Å². The number of ether oxygens (including phenoxy) is 1. The van der Waals surface area contributed by atoms with Gasteiger partial charge in [-0.2, -0.15) is 0 Å². The Morgan fingerprint density at radius 1 is 1.33 bits per heavy atom. The minimum atomic E-state index is -1.01. The van der Waals surface area contributed by atoms with Gasteiger partial charge in [0.25, 0.3) is 0 Å². The molecule has 0 fully saturated rings. The molecule has 3 rings (SSSR count). The van der Waals surface area contributed by atoms with Crippen LogP contribution in [0.15, 0.2) is 24.5 Å². The number of fused-ring (bicyclic) bond motifs is 1. The zero-order valence-electron chi connectivity index (χ0n) is 11.6. The fourth-order valence-electron chi connectivity index (χ4n) is 2.55. The van der Waals surface area contributed by atoms with E-state index in [9.17, 15) is 4.79 Å². The van der Waals surface area contributed by atoms with Gasteiger partial charge in [0.2, 0.25) is 0 Å². The molecule has 0 bridgehead atoms. The molecule has 6 nitrogen and oxygen atoms in total. The van der Waals surface area contributed by atoms with Gasteiger partial charge in [0.1, 0.15) is 23.5 Å². The standard InChI is InChI=1S/C15H15N3O3/c1-21-13-7-9(5-6-11(13)15(19)20)18-14-10-3-2-4-12(10)16-8-17-14/h5-8H,2-4H2,1H3,(H,19,20)(H,16,17,18). The largest absolute Gasteiger partial charge is 0.496 e. The summed E-state index contributed by atoms with van der Waals surface area (Å²) in [7, 11) is 1.45. The highest BCUT2D eigenvalue weighted by molar-refractivity contribution is 5.91. The van der Waals surface area contributed by atoms with Crippen LogP contribution in [0.2, 0.25) is 0 Å². The van der Waals surface area contributed by atoms with Crippen molar-refractivity contribution in [3.05, 3.63) is 41.3 Å². The molecule has 21 heavy (non-hydrogen) atoms. The first-order valence-electron chi connectivity index (χ1n) is 6.70. The molecule has 0 amide bonds. The molecule has 0 saturated heterocycles. The van der Waals surface area contributed by atoms with E-state index >= 15 is 0 Å². The van der Waals surface area contributed by atoms with Gasteiger partial charge in [-0.3, -0.25) is 0 Å². The lowest BCUT2D eigenvalue weighted by Gasteiger charge is -2.12. The monoisotopic (exact) mass is 285 g/mol. The van der Waals surface area contributed by atoms with E-state index < -0.39 is 5.97 Å². The van der Waals surface area contributed by atoms with Gasteiger partial charge in [0.15, 0.2) is 0 Å². The van der Waals surface area contributed by atoms with E-state index in [-0.39, 0.29) is 5.56 Å². The highest BCUT2D eigenvalue weighted by Gasteiger charge is 2.18. The molecule has 1 aromatic carbocycles. The minimum Gasteiger partial charge on any atom is -0.496 e. The molecule has 0 saturated carbocycles. The predicted octanol–water partition coefficient (Wildman–Crippen LogP) is 2.42. The fraction of sp³-hybridized carbons (Fsp3) is 0.267. The number of aromatic carboxylic acids is 1. The number of methoxy groups -OCH3 is 1. The molecule has 0 unspecified atom stereocenters. The second-order valence-electron chi connectivity index (χ2n) is 4.85. The normalized spacial score (nSPS) is 12.8. The number of nitrogens with zero attached hydrogens (tertiary/aromatic N) is 2. The summed E-state index contributed by atoms with van der Waals surface area (Å²) in [5, 5.41) is 12.3. The molecule has 108 valence electrons. The summed E-state index contributed by atoms with van der Waals surface area (Å²) in [4.78, 5) is 19.6. The smallest absolute Gasteiger partial charge is 0.339 e. The van der Waals surface area contributed by atoms with E-state index in [0.29, 0.717) is 5.75 Å². The quantitative estimate of drug-likeness (QED) is 0.897. The van der Waals surface area contributed by atoms with Crippen molar-refractivity contribution >= 4 is 17.5 Å². The maximum atomic E-state index is 11.1. The van der Waals surface area contributed by atoms with Crippen LogP contribution < -0.4 is 10.1 Å². The fourth-order valence-corrected chi connectivity index (χ4v) is 2.55. The molecule has 1 heterocycles. The molecule has 2 aromatic rings. The molecule has 1 aliphatic carbocycles. The van der Waals surface area contributed by atoms with Gasteiger partial charge < -0.3 is 15.2 Å². The number of aromatic nitrogens is 2. The number of rotatable bonds is 4. The molecule has 0 radical (unpaired) electrons. The Hall–Kier alpha value is -2.63. The number of hydrogen-bond donors (Lipinski definition) is 2. The number of carboxylic acid groups (broad SMARTS) is 1.